The van der Waals surface area contributed by atoms with Crippen molar-refractivity contribution < 1.29 is 37.3 Å². The Labute approximate surface area is 257 Å². The number of urea groups is 1. The molecule has 3 atom stereocenters. The van der Waals surface area contributed by atoms with E-state index in [0.717, 1.165) is 0 Å². The van der Waals surface area contributed by atoms with Gasteiger partial charge in [-0.3, -0.25) is 4.79 Å². The molecule has 0 saturated heterocycles. The molecule has 1 aliphatic heterocycles. The molecule has 0 aromatic heterocycles. The third-order valence-corrected chi connectivity index (χ3v) is 9.33. The first-order valence-corrected chi connectivity index (χ1v) is 15.5. The summed E-state index contributed by atoms with van der Waals surface area (Å²) in [7, 11) is 0.591. The summed E-state index contributed by atoms with van der Waals surface area (Å²) in [5, 5.41) is 15.4. The van der Waals surface area contributed by atoms with Crippen LogP contribution in [0.3, 0.4) is 0 Å². The van der Waals surface area contributed by atoms with Crippen LogP contribution in [0, 0.1) is 5.92 Å². The first-order valence-electron chi connectivity index (χ1n) is 14.0. The SMILES string of the molecule is COc1ccc(NC(=O)Nc2cccc3c2O[C@@H](CN(C)S(=O)(=O)c2ccc(OC)cc2)[C@H](C)CN([C@H](C)CO)C3=O)cc1. The van der Waals surface area contributed by atoms with Crippen molar-refractivity contribution in [3.8, 4) is 17.2 Å². The molecule has 0 aliphatic carbocycles. The third kappa shape index (κ3) is 7.24. The Bertz CT molecular complexity index is 1560. The second-order valence-corrected chi connectivity index (χ2v) is 12.6. The van der Waals surface area contributed by atoms with E-state index >= 15 is 0 Å². The van der Waals surface area contributed by atoms with Gasteiger partial charge in [0.05, 0.1) is 49.6 Å². The van der Waals surface area contributed by atoms with Crippen molar-refractivity contribution in [3.63, 3.8) is 0 Å². The van der Waals surface area contributed by atoms with Crippen molar-refractivity contribution in [2.24, 2.45) is 5.92 Å². The summed E-state index contributed by atoms with van der Waals surface area (Å²) in [6.45, 7) is 3.45. The molecule has 236 valence electrons. The van der Waals surface area contributed by atoms with Crippen molar-refractivity contribution in [2.75, 3.05) is 51.6 Å². The molecule has 44 heavy (non-hydrogen) atoms. The van der Waals surface area contributed by atoms with E-state index in [0.29, 0.717) is 17.2 Å². The highest BCUT2D eigenvalue weighted by molar-refractivity contribution is 7.89. The predicted octanol–water partition coefficient (Wildman–Crippen LogP) is 3.89. The maximum Gasteiger partial charge on any atom is 0.323 e. The van der Waals surface area contributed by atoms with Gasteiger partial charge in [0.2, 0.25) is 10.0 Å². The monoisotopic (exact) mass is 626 g/mol. The van der Waals surface area contributed by atoms with Gasteiger partial charge in [0.15, 0.2) is 5.75 Å². The summed E-state index contributed by atoms with van der Waals surface area (Å²) in [5.74, 6) is 0.512. The molecule has 3 amide bonds. The second-order valence-electron chi connectivity index (χ2n) is 10.6. The largest absolute Gasteiger partial charge is 0.497 e. The van der Waals surface area contributed by atoms with Crippen molar-refractivity contribution in [3.05, 3.63) is 72.3 Å². The fourth-order valence-electron chi connectivity index (χ4n) is 4.80. The number of ether oxygens (including phenoxy) is 3. The zero-order chi connectivity index (χ0) is 32.0. The minimum Gasteiger partial charge on any atom is -0.497 e. The number of amides is 3. The van der Waals surface area contributed by atoms with E-state index < -0.39 is 28.2 Å². The molecule has 13 heteroatoms. The summed E-state index contributed by atoms with van der Waals surface area (Å²) in [4.78, 5) is 28.4. The lowest BCUT2D eigenvalue weighted by molar-refractivity contribution is 0.0389. The van der Waals surface area contributed by atoms with Gasteiger partial charge in [-0.1, -0.05) is 13.0 Å². The zero-order valence-corrected chi connectivity index (χ0v) is 26.1. The minimum atomic E-state index is -3.91. The standard InChI is InChI=1S/C31H38N4O8S/c1-20-17-35(21(2)19-36)30(37)26-7-6-8-27(33-31(38)32-22-9-11-23(41-4)12-10-22)29(26)43-28(20)18-34(3)44(39,40)25-15-13-24(42-5)14-16-25/h6-16,20-21,28,36H,17-19H2,1-5H3,(H2,32,33,38)/t20-,21-,28+/m1/s1. The lowest BCUT2D eigenvalue weighted by Crippen LogP contribution is -2.50. The number of aliphatic hydroxyl groups excluding tert-OH is 1. The number of para-hydroxylation sites is 1. The number of carbonyl (C=O) groups is 2. The molecular formula is C31H38N4O8S. The number of aliphatic hydroxyl groups is 1. The molecule has 4 rings (SSSR count). The molecule has 0 spiro atoms. The van der Waals surface area contributed by atoms with Crippen LogP contribution in [0.1, 0.15) is 24.2 Å². The van der Waals surface area contributed by atoms with E-state index in [4.69, 9.17) is 14.2 Å². The number of rotatable bonds is 10. The van der Waals surface area contributed by atoms with Gasteiger partial charge in [0.1, 0.15) is 17.6 Å². The molecule has 12 nitrogen and oxygen atoms in total. The van der Waals surface area contributed by atoms with Gasteiger partial charge in [0, 0.05) is 25.2 Å². The van der Waals surface area contributed by atoms with Crippen molar-refractivity contribution in [1.82, 2.24) is 9.21 Å². The van der Waals surface area contributed by atoms with Gasteiger partial charge in [-0.25, -0.2) is 13.2 Å². The van der Waals surface area contributed by atoms with Crippen molar-refractivity contribution in [1.29, 1.82) is 0 Å². The topological polar surface area (TPSA) is 147 Å². The molecule has 3 aromatic rings. The molecule has 0 saturated carbocycles. The Kier molecular flexibility index (Phi) is 10.3. The van der Waals surface area contributed by atoms with Crippen molar-refractivity contribution in [2.45, 2.75) is 30.9 Å². The molecule has 0 bridgehead atoms. The van der Waals surface area contributed by atoms with Gasteiger partial charge >= 0.3 is 6.03 Å². The number of anilines is 2. The number of nitrogens with one attached hydrogen (secondary N) is 2. The summed E-state index contributed by atoms with van der Waals surface area (Å²) in [6, 6.07) is 16.5. The lowest BCUT2D eigenvalue weighted by atomic mass is 9.99. The normalized spacial score (nSPS) is 17.5. The number of methoxy groups -OCH3 is 2. The van der Waals surface area contributed by atoms with Gasteiger partial charge < -0.3 is 34.9 Å². The van der Waals surface area contributed by atoms with E-state index in [1.165, 1.54) is 35.5 Å². The maximum atomic E-state index is 13.7. The number of hydrogen-bond acceptors (Lipinski definition) is 8. The van der Waals surface area contributed by atoms with Crippen LogP contribution in [-0.2, 0) is 10.0 Å². The van der Waals surface area contributed by atoms with Crippen LogP contribution in [0.2, 0.25) is 0 Å². The third-order valence-electron chi connectivity index (χ3n) is 7.49. The molecule has 1 heterocycles. The van der Waals surface area contributed by atoms with Crippen LogP contribution in [0.25, 0.3) is 0 Å². The quantitative estimate of drug-likeness (QED) is 0.307. The summed E-state index contributed by atoms with van der Waals surface area (Å²) >= 11 is 0. The molecule has 1 aliphatic rings. The number of hydrogen-bond donors (Lipinski definition) is 3. The number of fused-ring (bicyclic) bond motifs is 1. The minimum absolute atomic E-state index is 0.0586. The molecular weight excluding hydrogens is 588 g/mol. The van der Waals surface area contributed by atoms with E-state index in [-0.39, 0.29) is 53.4 Å². The van der Waals surface area contributed by atoms with Crippen LogP contribution < -0.4 is 24.8 Å². The van der Waals surface area contributed by atoms with E-state index in [1.807, 2.05) is 6.92 Å². The zero-order valence-electron chi connectivity index (χ0n) is 25.3. The Morgan fingerprint density at radius 1 is 1.05 bits per heavy atom. The second kappa shape index (κ2) is 14.0. The predicted molar refractivity (Wildman–Crippen MR) is 166 cm³/mol. The van der Waals surface area contributed by atoms with Crippen LogP contribution >= 0.6 is 0 Å². The first-order chi connectivity index (χ1) is 21.0. The Hall–Kier alpha value is -4.33. The van der Waals surface area contributed by atoms with Gasteiger partial charge in [-0.2, -0.15) is 4.31 Å². The van der Waals surface area contributed by atoms with Crippen LogP contribution in [-0.4, -0.2) is 87.8 Å². The highest BCUT2D eigenvalue weighted by Crippen LogP contribution is 2.35. The highest BCUT2D eigenvalue weighted by Gasteiger charge is 2.36. The highest BCUT2D eigenvalue weighted by atomic mass is 32.2. The van der Waals surface area contributed by atoms with Gasteiger partial charge in [-0.05, 0) is 67.6 Å². The van der Waals surface area contributed by atoms with Crippen LogP contribution in [0.15, 0.2) is 71.6 Å². The fraction of sp³-hybridized carbons (Fsp3) is 0.355. The van der Waals surface area contributed by atoms with Crippen LogP contribution in [0.4, 0.5) is 16.2 Å². The maximum absolute atomic E-state index is 13.7. The van der Waals surface area contributed by atoms with E-state index in [9.17, 15) is 23.1 Å². The van der Waals surface area contributed by atoms with Gasteiger partial charge in [-0.15, -0.1) is 0 Å². The molecule has 0 unspecified atom stereocenters. The summed E-state index contributed by atoms with van der Waals surface area (Å²) in [5.41, 5.74) is 0.905. The Balaban J connectivity index is 1.66. The lowest BCUT2D eigenvalue weighted by Gasteiger charge is -2.38. The van der Waals surface area contributed by atoms with E-state index in [2.05, 4.69) is 10.6 Å². The summed E-state index contributed by atoms with van der Waals surface area (Å²) < 4.78 is 44.9. The molecule has 0 fully saturated rings. The number of benzene rings is 3. The Morgan fingerprint density at radius 3 is 2.25 bits per heavy atom. The Morgan fingerprint density at radius 2 is 1.66 bits per heavy atom. The van der Waals surface area contributed by atoms with Crippen LogP contribution in [0.5, 0.6) is 17.2 Å². The number of carbonyl (C=O) groups excluding carboxylic acids is 2. The number of nitrogens with zero attached hydrogens (tertiary/aromatic N) is 2. The number of likely N-dealkylation sites (N-methyl/N-ethyl adjacent to an activating group) is 1. The van der Waals surface area contributed by atoms with E-state index in [1.54, 1.807) is 68.6 Å². The smallest absolute Gasteiger partial charge is 0.323 e. The number of sulfonamides is 1. The fourth-order valence-corrected chi connectivity index (χ4v) is 5.98. The molecule has 0 radical (unpaired) electrons. The average molecular weight is 627 g/mol. The molecule has 3 aromatic carbocycles. The first kappa shape index (κ1) is 32.6. The van der Waals surface area contributed by atoms with Crippen molar-refractivity contribution >= 4 is 33.3 Å². The summed E-state index contributed by atoms with van der Waals surface area (Å²) in [6.07, 6.45) is -0.735. The van der Waals surface area contributed by atoms with Gasteiger partial charge in [0.25, 0.3) is 5.91 Å². The molecule has 3 N–H and O–H groups in total. The average Bonchev–Trinajstić information content (AvgIpc) is 3.02.